The fourth-order valence-corrected chi connectivity index (χ4v) is 1.64. The van der Waals surface area contributed by atoms with E-state index in [-0.39, 0.29) is 12.5 Å². The van der Waals surface area contributed by atoms with Crippen molar-refractivity contribution in [2.24, 2.45) is 0 Å². The maximum Gasteiger partial charge on any atom is 0.0537 e. The van der Waals surface area contributed by atoms with Crippen LogP contribution in [0.3, 0.4) is 0 Å². The number of benzene rings is 1. The Hall–Kier alpha value is -0.600. The Bertz CT molecular complexity index is 269. The van der Waals surface area contributed by atoms with Crippen LogP contribution in [0.25, 0.3) is 0 Å². The topological polar surface area (TPSA) is 20.2 Å². The molecule has 1 aromatic rings. The van der Waals surface area contributed by atoms with Crippen LogP contribution in [-0.4, -0.2) is 17.0 Å². The molecule has 0 aliphatic rings. The van der Waals surface area contributed by atoms with Crippen LogP contribution in [-0.2, 0) is 0 Å². The molecular weight excluding hydrogens is 228 g/mol. The van der Waals surface area contributed by atoms with Gasteiger partial charge in [0.1, 0.15) is 0 Å². The smallest absolute Gasteiger partial charge is 0.0537 e. The predicted octanol–water partition coefficient (Wildman–Crippen LogP) is 2.71. The van der Waals surface area contributed by atoms with Crippen LogP contribution in [0.2, 0.25) is 0 Å². The van der Waals surface area contributed by atoms with Gasteiger partial charge in [0.2, 0.25) is 0 Å². The SMILES string of the molecule is C=C(CBr)C(CO)c1ccccc1. The van der Waals surface area contributed by atoms with Gasteiger partial charge < -0.3 is 5.11 Å². The summed E-state index contributed by atoms with van der Waals surface area (Å²) in [7, 11) is 0. The zero-order valence-corrected chi connectivity index (χ0v) is 9.00. The number of aliphatic hydroxyl groups excluding tert-OH is 1. The summed E-state index contributed by atoms with van der Waals surface area (Å²) in [4.78, 5) is 0. The molecule has 1 nitrogen and oxygen atoms in total. The van der Waals surface area contributed by atoms with Crippen LogP contribution in [0.5, 0.6) is 0 Å². The Kier molecular flexibility index (Phi) is 4.19. The van der Waals surface area contributed by atoms with Crippen LogP contribution >= 0.6 is 15.9 Å². The average Bonchev–Trinajstić information content (AvgIpc) is 2.20. The normalized spacial score (nSPS) is 12.5. The maximum atomic E-state index is 9.20. The van der Waals surface area contributed by atoms with Crippen molar-refractivity contribution in [3.63, 3.8) is 0 Å². The van der Waals surface area contributed by atoms with Crippen molar-refractivity contribution in [3.8, 4) is 0 Å². The molecule has 0 aromatic heterocycles. The Morgan fingerprint density at radius 1 is 1.38 bits per heavy atom. The molecule has 70 valence electrons. The lowest BCUT2D eigenvalue weighted by molar-refractivity contribution is 0.279. The Balaban J connectivity index is 2.85. The van der Waals surface area contributed by atoms with Crippen LogP contribution < -0.4 is 0 Å². The van der Waals surface area contributed by atoms with E-state index >= 15 is 0 Å². The minimum Gasteiger partial charge on any atom is -0.395 e. The van der Waals surface area contributed by atoms with E-state index in [9.17, 15) is 5.11 Å². The van der Waals surface area contributed by atoms with Crippen LogP contribution in [0.1, 0.15) is 11.5 Å². The van der Waals surface area contributed by atoms with E-state index in [1.807, 2.05) is 30.3 Å². The van der Waals surface area contributed by atoms with E-state index in [1.54, 1.807) is 0 Å². The molecule has 1 aromatic carbocycles. The fraction of sp³-hybridized carbons (Fsp3) is 0.273. The molecule has 0 bridgehead atoms. The lowest BCUT2D eigenvalue weighted by atomic mass is 9.94. The van der Waals surface area contributed by atoms with Gasteiger partial charge >= 0.3 is 0 Å². The predicted molar refractivity (Wildman–Crippen MR) is 59.2 cm³/mol. The standard InChI is InChI=1S/C11H13BrO/c1-9(7-12)11(8-13)10-5-3-2-4-6-10/h2-6,11,13H,1,7-8H2. The van der Waals surface area contributed by atoms with E-state index in [0.29, 0.717) is 0 Å². The molecule has 0 fully saturated rings. The molecule has 0 aliphatic carbocycles. The number of hydrogen-bond acceptors (Lipinski definition) is 1. The summed E-state index contributed by atoms with van der Waals surface area (Å²) in [6.45, 7) is 4.03. The molecule has 0 saturated heterocycles. The molecule has 1 unspecified atom stereocenters. The summed E-state index contributed by atoms with van der Waals surface area (Å²) >= 11 is 3.34. The van der Waals surface area contributed by atoms with E-state index in [4.69, 9.17) is 0 Å². The van der Waals surface area contributed by atoms with Gasteiger partial charge in [-0.25, -0.2) is 0 Å². The van der Waals surface area contributed by atoms with E-state index in [1.165, 1.54) is 0 Å². The van der Waals surface area contributed by atoms with Crippen molar-refractivity contribution in [1.82, 2.24) is 0 Å². The maximum absolute atomic E-state index is 9.20. The first-order chi connectivity index (χ1) is 6.29. The highest BCUT2D eigenvalue weighted by atomic mass is 79.9. The highest BCUT2D eigenvalue weighted by Crippen LogP contribution is 2.23. The number of hydrogen-bond donors (Lipinski definition) is 1. The third-order valence-electron chi connectivity index (χ3n) is 2.05. The van der Waals surface area contributed by atoms with E-state index in [0.717, 1.165) is 16.5 Å². The first kappa shape index (κ1) is 10.5. The molecule has 0 heterocycles. The molecule has 1 atom stereocenters. The lowest BCUT2D eigenvalue weighted by Crippen LogP contribution is -2.07. The van der Waals surface area contributed by atoms with Gasteiger partial charge in [0.05, 0.1) is 6.61 Å². The van der Waals surface area contributed by atoms with Crippen molar-refractivity contribution in [2.75, 3.05) is 11.9 Å². The summed E-state index contributed by atoms with van der Waals surface area (Å²) in [5.41, 5.74) is 2.13. The molecule has 1 rings (SSSR count). The minimum atomic E-state index is 0.0561. The first-order valence-corrected chi connectivity index (χ1v) is 5.31. The first-order valence-electron chi connectivity index (χ1n) is 4.19. The van der Waals surface area contributed by atoms with Crippen LogP contribution in [0.4, 0.5) is 0 Å². The van der Waals surface area contributed by atoms with E-state index < -0.39 is 0 Å². The molecule has 13 heavy (non-hydrogen) atoms. The number of aliphatic hydroxyl groups is 1. The van der Waals surface area contributed by atoms with Crippen molar-refractivity contribution in [1.29, 1.82) is 0 Å². The average molecular weight is 241 g/mol. The third kappa shape index (κ3) is 2.68. The largest absolute Gasteiger partial charge is 0.395 e. The Labute approximate surface area is 87.2 Å². The van der Waals surface area contributed by atoms with E-state index in [2.05, 4.69) is 22.5 Å². The quantitative estimate of drug-likeness (QED) is 0.634. The minimum absolute atomic E-state index is 0.0561. The lowest BCUT2D eigenvalue weighted by Gasteiger charge is -2.15. The second-order valence-electron chi connectivity index (χ2n) is 2.94. The monoisotopic (exact) mass is 240 g/mol. The van der Waals surface area contributed by atoms with Gasteiger partial charge in [-0.1, -0.05) is 58.4 Å². The summed E-state index contributed by atoms with van der Waals surface area (Å²) in [5.74, 6) is 0.0561. The fourth-order valence-electron chi connectivity index (χ4n) is 1.25. The summed E-state index contributed by atoms with van der Waals surface area (Å²) in [5, 5.41) is 9.93. The van der Waals surface area contributed by atoms with Gasteiger partial charge in [0.25, 0.3) is 0 Å². The van der Waals surface area contributed by atoms with Crippen LogP contribution in [0, 0.1) is 0 Å². The Morgan fingerprint density at radius 2 is 2.00 bits per heavy atom. The van der Waals surface area contributed by atoms with Gasteiger partial charge in [-0.05, 0) is 5.56 Å². The van der Waals surface area contributed by atoms with Gasteiger partial charge in [-0.2, -0.15) is 0 Å². The number of rotatable bonds is 4. The molecule has 0 amide bonds. The van der Waals surface area contributed by atoms with Crippen LogP contribution in [0.15, 0.2) is 42.5 Å². The molecule has 1 N–H and O–H groups in total. The molecule has 2 heteroatoms. The van der Waals surface area contributed by atoms with Gasteiger partial charge in [-0.15, -0.1) is 0 Å². The summed E-state index contributed by atoms with van der Waals surface area (Å²) < 4.78 is 0. The highest BCUT2D eigenvalue weighted by Gasteiger charge is 2.12. The molecular formula is C11H13BrO. The van der Waals surface area contributed by atoms with Gasteiger partial charge in [-0.3, -0.25) is 0 Å². The van der Waals surface area contributed by atoms with Gasteiger partial charge in [0, 0.05) is 11.2 Å². The Morgan fingerprint density at radius 3 is 2.46 bits per heavy atom. The molecule has 0 saturated carbocycles. The van der Waals surface area contributed by atoms with Crippen molar-refractivity contribution in [3.05, 3.63) is 48.0 Å². The molecule has 0 radical (unpaired) electrons. The number of alkyl halides is 1. The third-order valence-corrected chi connectivity index (χ3v) is 2.77. The van der Waals surface area contributed by atoms with Gasteiger partial charge in [0.15, 0.2) is 0 Å². The summed E-state index contributed by atoms with van der Waals surface area (Å²) in [6, 6.07) is 9.93. The zero-order valence-electron chi connectivity index (χ0n) is 7.41. The highest BCUT2D eigenvalue weighted by molar-refractivity contribution is 9.09. The second-order valence-corrected chi connectivity index (χ2v) is 3.50. The van der Waals surface area contributed by atoms with Crippen molar-refractivity contribution < 1.29 is 5.11 Å². The second kappa shape index (κ2) is 5.20. The van der Waals surface area contributed by atoms with Crippen molar-refractivity contribution >= 4 is 15.9 Å². The number of halogens is 1. The molecule has 0 spiro atoms. The molecule has 0 aliphatic heterocycles. The van der Waals surface area contributed by atoms with Crippen molar-refractivity contribution in [2.45, 2.75) is 5.92 Å². The zero-order chi connectivity index (χ0) is 9.68. The summed E-state index contributed by atoms with van der Waals surface area (Å²) in [6.07, 6.45) is 0.